The Labute approximate surface area is 598 Å². The van der Waals surface area contributed by atoms with E-state index >= 15 is 19.2 Å². The fourth-order valence-electron chi connectivity index (χ4n) is 11.9. The number of carboxylic acids is 1. The number of hydrogen-bond donors (Lipinski definition) is 7. The number of carbonyl (C=O) groups is 12. The van der Waals surface area contributed by atoms with Crippen molar-refractivity contribution in [2.24, 2.45) is 41.4 Å². The van der Waals surface area contributed by atoms with Gasteiger partial charge in [0.15, 0.2) is 12.5 Å². The first-order valence-corrected chi connectivity index (χ1v) is 36.8. The number of allylic oxidation sites excluding steroid dienone is 1. The number of nitrogens with zero attached hydrogens (tertiary/aromatic N) is 7. The second-order valence-corrected chi connectivity index (χ2v) is 31.2. The third-order valence-corrected chi connectivity index (χ3v) is 19.2. The summed E-state index contributed by atoms with van der Waals surface area (Å²) in [5, 5.41) is 32.5. The normalized spacial score (nSPS) is 25.4. The number of aliphatic hydroxyl groups is 1. The van der Waals surface area contributed by atoms with Gasteiger partial charge in [0.1, 0.15) is 66.2 Å². The molecule has 29 nitrogen and oxygen atoms in total. The van der Waals surface area contributed by atoms with Crippen LogP contribution < -0.4 is 26.0 Å². The second kappa shape index (κ2) is 40.4. The minimum Gasteiger partial charge on any atom is -0.481 e. The lowest BCUT2D eigenvalue weighted by atomic mass is 9.91. The van der Waals surface area contributed by atoms with Crippen LogP contribution in [0.1, 0.15) is 162 Å². The Morgan fingerprint density at radius 3 is 1.47 bits per heavy atom. The van der Waals surface area contributed by atoms with Gasteiger partial charge in [-0.1, -0.05) is 121 Å². The van der Waals surface area contributed by atoms with Crippen LogP contribution in [0.25, 0.3) is 6.08 Å². The first kappa shape index (κ1) is 89.6. The summed E-state index contributed by atoms with van der Waals surface area (Å²) in [6, 6.07) is -6.80. The zero-order valence-corrected chi connectivity index (χ0v) is 65.0. The van der Waals surface area contributed by atoms with Crippen molar-refractivity contribution in [3.8, 4) is 5.75 Å². The Morgan fingerprint density at radius 2 is 0.990 bits per heavy atom. The van der Waals surface area contributed by atoms with E-state index in [-0.39, 0.29) is 67.9 Å². The number of carbonyl (C=O) groups excluding carboxylic acids is 11. The summed E-state index contributed by atoms with van der Waals surface area (Å²) in [5.41, 5.74) is 0.607. The Hall–Kier alpha value is -7.49. The molecule has 1 heterocycles. The van der Waals surface area contributed by atoms with Gasteiger partial charge in [0.2, 0.25) is 65.0 Å². The first-order chi connectivity index (χ1) is 46.6. The summed E-state index contributed by atoms with van der Waals surface area (Å²) in [7, 11) is 5.22. The van der Waals surface area contributed by atoms with E-state index in [1.54, 1.807) is 65.8 Å². The van der Waals surface area contributed by atoms with Gasteiger partial charge in [0, 0.05) is 49.3 Å². The molecule has 1 unspecified atom stereocenters. The van der Waals surface area contributed by atoms with Crippen molar-refractivity contribution < 1.29 is 86.5 Å². The maximum absolute atomic E-state index is 15.4. The highest BCUT2D eigenvalue weighted by Gasteiger charge is 2.46. The maximum atomic E-state index is 15.4. The van der Waals surface area contributed by atoms with E-state index in [2.05, 4.69) is 21.3 Å². The molecule has 30 heteroatoms. The van der Waals surface area contributed by atoms with Crippen LogP contribution in [0.2, 0.25) is 0 Å². The summed E-state index contributed by atoms with van der Waals surface area (Å²) in [5.74, 6) is -12.1. The molecule has 0 spiro atoms. The molecular weight excluding hydrogens is 1330 g/mol. The molecule has 1 aliphatic rings. The highest BCUT2D eigenvalue weighted by molar-refractivity contribution is 7.52. The van der Waals surface area contributed by atoms with Crippen molar-refractivity contribution in [3.05, 3.63) is 35.9 Å². The maximum Gasteiger partial charge on any atom is 0.366 e. The van der Waals surface area contributed by atoms with Gasteiger partial charge >= 0.3 is 13.6 Å². The van der Waals surface area contributed by atoms with E-state index in [1.807, 2.05) is 55.4 Å². The van der Waals surface area contributed by atoms with Crippen molar-refractivity contribution in [1.29, 1.82) is 0 Å². The molecule has 7 N–H and O–H groups in total. The molecule has 1 aliphatic heterocycles. The molecule has 0 aliphatic carbocycles. The van der Waals surface area contributed by atoms with E-state index in [9.17, 15) is 52.9 Å². The monoisotopic (exact) mass is 1450 g/mol. The van der Waals surface area contributed by atoms with Gasteiger partial charge in [-0.3, -0.25) is 61.8 Å². The number of rotatable bonds is 22. The van der Waals surface area contributed by atoms with Crippen LogP contribution in [0.4, 0.5) is 0 Å². The molecular formula is C71H120N11O18P. The Balaban J connectivity index is 2.96. The molecule has 101 heavy (non-hydrogen) atoms. The van der Waals surface area contributed by atoms with Crippen molar-refractivity contribution in [2.75, 3.05) is 62.2 Å². The van der Waals surface area contributed by atoms with E-state index in [0.717, 1.165) is 16.7 Å². The number of aliphatic hydroxyl groups excluding tert-OH is 1. The van der Waals surface area contributed by atoms with Gasteiger partial charge in [-0.15, -0.1) is 0 Å². The summed E-state index contributed by atoms with van der Waals surface area (Å²) in [6.45, 7) is 28.1. The average molecular weight is 1450 g/mol. The van der Waals surface area contributed by atoms with Crippen LogP contribution in [0.3, 0.4) is 0 Å². The average Bonchev–Trinajstić information content (AvgIpc) is 0.806. The van der Waals surface area contributed by atoms with Crippen molar-refractivity contribution in [3.63, 3.8) is 0 Å². The van der Waals surface area contributed by atoms with Gasteiger partial charge in [0.05, 0.1) is 12.6 Å². The van der Waals surface area contributed by atoms with E-state index < -0.39 is 182 Å². The minimum atomic E-state index is -4.46. The molecule has 14 atom stereocenters. The van der Waals surface area contributed by atoms with E-state index in [4.69, 9.17) is 14.4 Å². The van der Waals surface area contributed by atoms with Gasteiger partial charge in [0.25, 0.3) is 0 Å². The van der Waals surface area contributed by atoms with Crippen LogP contribution in [0.15, 0.2) is 30.3 Å². The molecule has 0 radical (unpaired) electrons. The Bertz CT molecular complexity index is 3090. The third kappa shape index (κ3) is 26.4. The fraction of sp³-hybridized carbons (Fsp3) is 0.718. The van der Waals surface area contributed by atoms with Gasteiger partial charge < -0.3 is 75.4 Å². The van der Waals surface area contributed by atoms with Gasteiger partial charge in [-0.2, -0.15) is 0 Å². The Morgan fingerprint density at radius 1 is 0.545 bits per heavy atom. The molecule has 1 fully saturated rings. The first-order valence-electron chi connectivity index (χ1n) is 35.0. The topological polar surface area (TPSA) is 372 Å². The lowest BCUT2D eigenvalue weighted by Crippen LogP contribution is -2.63. The summed E-state index contributed by atoms with van der Waals surface area (Å²) < 4.78 is 22.6. The predicted octanol–water partition coefficient (Wildman–Crippen LogP) is 4.42. The highest BCUT2D eigenvalue weighted by atomic mass is 31.2. The number of aliphatic carboxylic acids is 1. The van der Waals surface area contributed by atoms with Crippen LogP contribution in [-0.4, -0.2) is 255 Å². The molecule has 1 saturated heterocycles. The van der Waals surface area contributed by atoms with Gasteiger partial charge in [-0.25, -0.2) is 4.79 Å². The quantitative estimate of drug-likeness (QED) is 0.0790. The number of likely N-dealkylation sites (N-methyl/N-ethyl adjacent to an activating group) is 7. The second-order valence-electron chi connectivity index (χ2n) is 29.5. The number of carboxylic acid groups (broad SMARTS) is 1. The SMILES string of the molecule is CC[C@@H]1NC(=O)[C@H]([C@H](O)[C@H](C)CC=Cc2ccc(OCP(=O)(O)O[C@H](C)C(=O)O)cc2)N(C)C(=O)[C@H](C(C)C)N(C)C(=O)[C@H](CC(C)C)N(C)C(=O)[C@H](CC(C)C)N(C)C(=O)[C@@H](C)NC(=O)[C@H](C)NC(=O)[C@H](CC(C)C)N(C)C(=O)[C@H](C(C)C)NC(=O)[C@H](CC(C)C)N(C)C(=O)CN(C)C1=O. The van der Waals surface area contributed by atoms with E-state index in [0.29, 0.717) is 5.56 Å². The largest absolute Gasteiger partial charge is 0.481 e. The number of amides is 11. The molecule has 0 aromatic heterocycles. The fourth-order valence-corrected chi connectivity index (χ4v) is 12.9. The molecule has 0 saturated carbocycles. The standard InChI is InChI=1S/C71H120N11O18P/c1-25-51-66(90)76(18)37-56(83)77(19)52(33-39(2)3)63(87)75-57(43(10)11)69(93)78(20)53(34-40(4)5)62(86)72-46(15)61(85)73-47(16)65(89)79(21)54(35-41(6)7)67(91)80(22)55(36-42(8)9)68(92)81(23)58(44(12)13)70(94)82(24)59(64(88)74-51)60(84)45(14)27-26-28-49-29-31-50(32-30-49)99-38-101(97,98)100-48(17)71(95)96/h26,28-32,39-48,51-55,57-60,84H,25,27,33-38H2,1-24H3,(H,72,86)(H,73,85)(H,74,88)(H,75,87)(H,95,96)(H,97,98)/t45-,46+,47-,48-,51+,52+,53+,54+,55+,57+,58+,59+,60-/m1/s1. The molecule has 572 valence electrons. The van der Waals surface area contributed by atoms with Crippen molar-refractivity contribution in [1.82, 2.24) is 55.6 Å². The summed E-state index contributed by atoms with van der Waals surface area (Å²) in [4.78, 5) is 192. The number of benzene rings is 1. The molecule has 2 rings (SSSR count). The van der Waals surface area contributed by atoms with Crippen LogP contribution in [0, 0.1) is 41.4 Å². The van der Waals surface area contributed by atoms with Crippen LogP contribution in [-0.2, 0) is 66.6 Å². The molecule has 1 aromatic rings. The lowest BCUT2D eigenvalue weighted by Gasteiger charge is -2.41. The lowest BCUT2D eigenvalue weighted by molar-refractivity contribution is -0.157. The number of hydrogen-bond acceptors (Lipinski definition) is 16. The van der Waals surface area contributed by atoms with Gasteiger partial charge in [-0.05, 0) is 118 Å². The minimum absolute atomic E-state index is 0.0555. The van der Waals surface area contributed by atoms with Crippen molar-refractivity contribution in [2.45, 2.75) is 229 Å². The van der Waals surface area contributed by atoms with Crippen LogP contribution in [0.5, 0.6) is 5.75 Å². The summed E-state index contributed by atoms with van der Waals surface area (Å²) >= 11 is 0. The number of ether oxygens (including phenoxy) is 1. The molecule has 1 aromatic carbocycles. The zero-order chi connectivity index (χ0) is 77.7. The molecule has 11 amide bonds. The van der Waals surface area contributed by atoms with E-state index in [1.165, 1.54) is 99.8 Å². The Kier molecular flexibility index (Phi) is 35.8. The molecule has 0 bridgehead atoms. The van der Waals surface area contributed by atoms with Crippen molar-refractivity contribution >= 4 is 84.6 Å². The van der Waals surface area contributed by atoms with Crippen LogP contribution >= 0.6 is 7.60 Å². The predicted molar refractivity (Wildman–Crippen MR) is 383 cm³/mol. The third-order valence-electron chi connectivity index (χ3n) is 18.1. The summed E-state index contributed by atoms with van der Waals surface area (Å²) in [6.07, 6.45) is -0.221. The smallest absolute Gasteiger partial charge is 0.366 e. The zero-order valence-electron chi connectivity index (χ0n) is 64.1. The highest BCUT2D eigenvalue weighted by Crippen LogP contribution is 2.43. The number of nitrogens with one attached hydrogen (secondary N) is 4.